The molecular formula is C19H14O4. The average Bonchev–Trinajstić information content (AvgIpc) is 2.55. The van der Waals surface area contributed by atoms with Gasteiger partial charge >= 0.3 is 5.97 Å². The van der Waals surface area contributed by atoms with Crippen LogP contribution < -0.4 is 0 Å². The van der Waals surface area contributed by atoms with E-state index < -0.39 is 5.97 Å². The molecule has 0 saturated carbocycles. The van der Waals surface area contributed by atoms with Crippen LogP contribution >= 0.6 is 0 Å². The minimum absolute atomic E-state index is 0.0293. The molecule has 2 N–H and O–H groups in total. The number of benzene rings is 3. The van der Waals surface area contributed by atoms with Gasteiger partial charge in [0.25, 0.3) is 0 Å². The van der Waals surface area contributed by atoms with Crippen molar-refractivity contribution < 1.29 is 19.8 Å². The monoisotopic (exact) mass is 306 g/mol. The summed E-state index contributed by atoms with van der Waals surface area (Å²) >= 11 is 0. The number of ketones is 1. The van der Waals surface area contributed by atoms with Gasteiger partial charge in [-0.15, -0.1) is 0 Å². The van der Waals surface area contributed by atoms with Gasteiger partial charge in [0.1, 0.15) is 11.3 Å². The first-order valence-electron chi connectivity index (χ1n) is 7.08. The highest BCUT2D eigenvalue weighted by Crippen LogP contribution is 2.37. The average molecular weight is 306 g/mol. The van der Waals surface area contributed by atoms with E-state index in [4.69, 9.17) is 0 Å². The number of rotatable bonds is 3. The molecule has 0 spiro atoms. The summed E-state index contributed by atoms with van der Waals surface area (Å²) < 4.78 is 0. The first-order chi connectivity index (χ1) is 11.0. The Morgan fingerprint density at radius 2 is 1.52 bits per heavy atom. The Morgan fingerprint density at radius 3 is 2.09 bits per heavy atom. The molecule has 0 aliphatic heterocycles. The van der Waals surface area contributed by atoms with E-state index in [-0.39, 0.29) is 17.1 Å². The minimum atomic E-state index is -1.19. The van der Waals surface area contributed by atoms with Gasteiger partial charge in [-0.3, -0.25) is 4.79 Å². The van der Waals surface area contributed by atoms with Crippen LogP contribution in [0.3, 0.4) is 0 Å². The summed E-state index contributed by atoms with van der Waals surface area (Å²) in [6.07, 6.45) is 0. The summed E-state index contributed by atoms with van der Waals surface area (Å²) in [5.41, 5.74) is 1.93. The highest BCUT2D eigenvalue weighted by Gasteiger charge is 2.17. The van der Waals surface area contributed by atoms with Crippen LogP contribution in [0.15, 0.2) is 54.6 Å². The molecule has 23 heavy (non-hydrogen) atoms. The fourth-order valence-corrected chi connectivity index (χ4v) is 2.65. The van der Waals surface area contributed by atoms with Crippen LogP contribution in [0.5, 0.6) is 5.75 Å². The maximum atomic E-state index is 11.4. The van der Waals surface area contributed by atoms with Crippen molar-refractivity contribution in [2.24, 2.45) is 0 Å². The second kappa shape index (κ2) is 5.57. The molecule has 3 aromatic rings. The lowest BCUT2D eigenvalue weighted by Gasteiger charge is -2.11. The number of carboxylic acid groups (broad SMARTS) is 1. The Labute approximate surface area is 132 Å². The molecule has 0 aliphatic carbocycles. The van der Waals surface area contributed by atoms with Gasteiger partial charge in [-0.2, -0.15) is 0 Å². The van der Waals surface area contributed by atoms with Crippen LogP contribution in [-0.2, 0) is 0 Å². The van der Waals surface area contributed by atoms with Crippen LogP contribution in [-0.4, -0.2) is 22.0 Å². The Kier molecular flexibility index (Phi) is 3.58. The van der Waals surface area contributed by atoms with Crippen LogP contribution in [0.1, 0.15) is 27.6 Å². The molecule has 0 aliphatic rings. The van der Waals surface area contributed by atoms with Gasteiger partial charge in [-0.05, 0) is 29.5 Å². The molecule has 0 unspecified atom stereocenters. The van der Waals surface area contributed by atoms with E-state index >= 15 is 0 Å². The van der Waals surface area contributed by atoms with E-state index in [0.717, 1.165) is 10.9 Å². The van der Waals surface area contributed by atoms with Crippen molar-refractivity contribution in [1.82, 2.24) is 0 Å². The number of aromatic carboxylic acids is 1. The topological polar surface area (TPSA) is 74.6 Å². The van der Waals surface area contributed by atoms with E-state index in [9.17, 15) is 19.8 Å². The highest BCUT2D eigenvalue weighted by molar-refractivity contribution is 6.07. The number of Topliss-reactive ketones (excluding diaryl/α,β-unsaturated/α-hetero) is 1. The van der Waals surface area contributed by atoms with Crippen LogP contribution in [0.2, 0.25) is 0 Å². The SMILES string of the molecule is CC(=O)c1ccc(-c2cc(C(=O)O)c(O)c3ccccc23)cc1. The standard InChI is InChI=1S/C19H14O4/c1-11(20)12-6-8-13(9-7-12)16-10-17(19(22)23)18(21)15-5-3-2-4-14(15)16/h2-10,21H,1H3,(H,22,23). The van der Waals surface area contributed by atoms with Gasteiger partial charge in [0.2, 0.25) is 0 Å². The Bertz CT molecular complexity index is 924. The number of carbonyl (C=O) groups excluding carboxylic acids is 1. The molecule has 3 rings (SSSR count). The number of hydrogen-bond acceptors (Lipinski definition) is 3. The Hall–Kier alpha value is -3.14. The molecule has 0 amide bonds. The lowest BCUT2D eigenvalue weighted by molar-refractivity contribution is 0.0694. The minimum Gasteiger partial charge on any atom is -0.506 e. The summed E-state index contributed by atoms with van der Waals surface area (Å²) in [5.74, 6) is -1.45. The Morgan fingerprint density at radius 1 is 0.913 bits per heavy atom. The first kappa shape index (κ1) is 14.8. The number of carboxylic acids is 1. The van der Waals surface area contributed by atoms with E-state index in [2.05, 4.69) is 0 Å². The number of carbonyl (C=O) groups is 2. The van der Waals surface area contributed by atoms with Crippen LogP contribution in [0.25, 0.3) is 21.9 Å². The quantitative estimate of drug-likeness (QED) is 0.714. The molecule has 114 valence electrons. The molecule has 0 atom stereocenters. The normalized spacial score (nSPS) is 10.7. The van der Waals surface area contributed by atoms with Crippen molar-refractivity contribution in [2.75, 3.05) is 0 Å². The largest absolute Gasteiger partial charge is 0.506 e. The van der Waals surface area contributed by atoms with Crippen LogP contribution in [0.4, 0.5) is 0 Å². The molecule has 0 aromatic heterocycles. The maximum absolute atomic E-state index is 11.4. The fraction of sp³-hybridized carbons (Fsp3) is 0.0526. The van der Waals surface area contributed by atoms with Gasteiger partial charge in [-0.25, -0.2) is 4.79 Å². The predicted molar refractivity (Wildman–Crippen MR) is 88.0 cm³/mol. The van der Waals surface area contributed by atoms with E-state index in [1.54, 1.807) is 36.4 Å². The smallest absolute Gasteiger partial charge is 0.339 e. The molecule has 3 aromatic carbocycles. The van der Waals surface area contributed by atoms with Crippen molar-refractivity contribution in [3.8, 4) is 16.9 Å². The summed E-state index contributed by atoms with van der Waals surface area (Å²) in [4.78, 5) is 22.8. The molecule has 0 fully saturated rings. The molecule has 0 heterocycles. The number of hydrogen-bond donors (Lipinski definition) is 2. The van der Waals surface area contributed by atoms with Crippen molar-refractivity contribution in [1.29, 1.82) is 0 Å². The zero-order valence-corrected chi connectivity index (χ0v) is 12.4. The molecule has 4 heteroatoms. The van der Waals surface area contributed by atoms with Crippen LogP contribution in [0, 0.1) is 0 Å². The molecule has 0 saturated heterocycles. The summed E-state index contributed by atoms with van der Waals surface area (Å²) in [7, 11) is 0. The molecule has 4 nitrogen and oxygen atoms in total. The van der Waals surface area contributed by atoms with Gasteiger partial charge in [0, 0.05) is 10.9 Å². The zero-order chi connectivity index (χ0) is 16.6. The lowest BCUT2D eigenvalue weighted by atomic mass is 9.94. The third-order valence-electron chi connectivity index (χ3n) is 3.85. The van der Waals surface area contributed by atoms with Gasteiger partial charge in [0.15, 0.2) is 5.78 Å². The number of phenols is 1. The second-order valence-electron chi connectivity index (χ2n) is 5.30. The molecule has 0 radical (unpaired) electrons. The Balaban J connectivity index is 2.30. The zero-order valence-electron chi connectivity index (χ0n) is 12.4. The third kappa shape index (κ3) is 2.55. The van der Waals surface area contributed by atoms with Gasteiger partial charge < -0.3 is 10.2 Å². The van der Waals surface area contributed by atoms with Gasteiger partial charge in [-0.1, -0.05) is 48.5 Å². The van der Waals surface area contributed by atoms with E-state index in [1.165, 1.54) is 13.0 Å². The predicted octanol–water partition coefficient (Wildman–Crippen LogP) is 4.11. The molecular weight excluding hydrogens is 292 g/mol. The van der Waals surface area contributed by atoms with E-state index in [0.29, 0.717) is 16.5 Å². The number of aromatic hydroxyl groups is 1. The first-order valence-corrected chi connectivity index (χ1v) is 7.08. The van der Waals surface area contributed by atoms with Crippen molar-refractivity contribution in [2.45, 2.75) is 6.92 Å². The summed E-state index contributed by atoms with van der Waals surface area (Å²) in [6, 6.07) is 15.5. The fourth-order valence-electron chi connectivity index (χ4n) is 2.65. The summed E-state index contributed by atoms with van der Waals surface area (Å²) in [5, 5.41) is 20.7. The van der Waals surface area contributed by atoms with Crippen molar-refractivity contribution in [3.05, 3.63) is 65.7 Å². The highest BCUT2D eigenvalue weighted by atomic mass is 16.4. The maximum Gasteiger partial charge on any atom is 0.339 e. The third-order valence-corrected chi connectivity index (χ3v) is 3.85. The summed E-state index contributed by atoms with van der Waals surface area (Å²) in [6.45, 7) is 1.49. The lowest BCUT2D eigenvalue weighted by Crippen LogP contribution is -1.99. The number of fused-ring (bicyclic) bond motifs is 1. The van der Waals surface area contributed by atoms with Gasteiger partial charge in [0.05, 0.1) is 0 Å². The van der Waals surface area contributed by atoms with Crippen molar-refractivity contribution >= 4 is 22.5 Å². The van der Waals surface area contributed by atoms with Crippen molar-refractivity contribution in [3.63, 3.8) is 0 Å². The second-order valence-corrected chi connectivity index (χ2v) is 5.30. The molecule has 0 bridgehead atoms. The van der Waals surface area contributed by atoms with E-state index in [1.807, 2.05) is 12.1 Å².